The van der Waals surface area contributed by atoms with Crippen LogP contribution in [0, 0.1) is 10.1 Å². The number of amides is 1. The van der Waals surface area contributed by atoms with Crippen molar-refractivity contribution in [3.05, 3.63) is 58.9 Å². The lowest BCUT2D eigenvalue weighted by atomic mass is 10.0. The zero-order chi connectivity index (χ0) is 22.2. The Hall–Kier alpha value is -3.67. The molecule has 1 fully saturated rings. The molecule has 1 aliphatic heterocycles. The maximum absolute atomic E-state index is 13.1. The van der Waals surface area contributed by atoms with Crippen molar-refractivity contribution in [3.63, 3.8) is 0 Å². The van der Waals surface area contributed by atoms with Crippen molar-refractivity contribution in [3.8, 4) is 0 Å². The van der Waals surface area contributed by atoms with E-state index in [1.807, 2.05) is 0 Å². The molecule has 0 radical (unpaired) electrons. The number of carboxylic acid groups (broad SMARTS) is 1. The molecule has 12 heteroatoms. The summed E-state index contributed by atoms with van der Waals surface area (Å²) in [5.74, 6) is 0. The Labute approximate surface area is 177 Å². The Morgan fingerprint density at radius 1 is 1.26 bits per heavy atom. The van der Waals surface area contributed by atoms with E-state index in [1.165, 1.54) is 24.4 Å². The van der Waals surface area contributed by atoms with Gasteiger partial charge in [-0.3, -0.25) is 10.1 Å². The minimum Gasteiger partial charge on any atom is -0.465 e. The third-order valence-electron chi connectivity index (χ3n) is 5.20. The molecule has 4 rings (SSSR count). The first-order valence-electron chi connectivity index (χ1n) is 9.48. The Kier molecular flexibility index (Phi) is 5.23. The Morgan fingerprint density at radius 2 is 2.00 bits per heavy atom. The van der Waals surface area contributed by atoms with E-state index in [2.05, 4.69) is 10.3 Å². The van der Waals surface area contributed by atoms with Crippen molar-refractivity contribution in [2.45, 2.75) is 23.8 Å². The molecule has 1 aromatic carbocycles. The summed E-state index contributed by atoms with van der Waals surface area (Å²) in [6.07, 6.45) is 2.43. The second-order valence-corrected chi connectivity index (χ2v) is 8.97. The largest absolute Gasteiger partial charge is 0.465 e. The Balaban J connectivity index is 1.84. The number of anilines is 1. The van der Waals surface area contributed by atoms with Gasteiger partial charge in [-0.2, -0.15) is 0 Å². The fraction of sp³-hybridized carbons (Fsp3) is 0.263. The summed E-state index contributed by atoms with van der Waals surface area (Å²) >= 11 is 0. The second-order valence-electron chi connectivity index (χ2n) is 7.15. The van der Waals surface area contributed by atoms with Gasteiger partial charge < -0.3 is 15.3 Å². The van der Waals surface area contributed by atoms with Gasteiger partial charge in [-0.05, 0) is 31.0 Å². The molecule has 1 aliphatic rings. The second kappa shape index (κ2) is 7.87. The molecule has 0 saturated carbocycles. The summed E-state index contributed by atoms with van der Waals surface area (Å²) in [7, 11) is -3.95. The van der Waals surface area contributed by atoms with Crippen molar-refractivity contribution in [1.29, 1.82) is 0 Å². The van der Waals surface area contributed by atoms with E-state index in [9.17, 15) is 23.3 Å². The summed E-state index contributed by atoms with van der Waals surface area (Å²) in [5, 5.41) is 23.4. The van der Waals surface area contributed by atoms with Crippen LogP contribution in [0.1, 0.15) is 12.8 Å². The van der Waals surface area contributed by atoms with Gasteiger partial charge in [0, 0.05) is 25.3 Å². The molecular weight excluding hydrogens is 426 g/mol. The van der Waals surface area contributed by atoms with E-state index in [-0.39, 0.29) is 28.5 Å². The number of rotatable bonds is 5. The van der Waals surface area contributed by atoms with Gasteiger partial charge in [-0.1, -0.05) is 18.2 Å². The SMILES string of the molecule is O=C(O)N[C@H]1CCCN(c2c([N+](=O)[O-])cnc3c2ccn3S(=O)(=O)c2ccccc2)C1. The average Bonchev–Trinajstić information content (AvgIpc) is 3.18. The number of benzene rings is 1. The first-order chi connectivity index (χ1) is 14.8. The lowest BCUT2D eigenvalue weighted by molar-refractivity contribution is -0.384. The molecule has 0 aliphatic carbocycles. The first kappa shape index (κ1) is 20.6. The van der Waals surface area contributed by atoms with Gasteiger partial charge in [0.05, 0.1) is 15.2 Å². The van der Waals surface area contributed by atoms with Crippen molar-refractivity contribution >= 4 is 38.5 Å². The van der Waals surface area contributed by atoms with Crippen LogP contribution in [0.25, 0.3) is 11.0 Å². The predicted octanol–water partition coefficient (Wildman–Crippen LogP) is 2.42. The molecule has 162 valence electrons. The number of piperidine rings is 1. The van der Waals surface area contributed by atoms with E-state index in [0.29, 0.717) is 24.8 Å². The maximum Gasteiger partial charge on any atom is 0.404 e. The van der Waals surface area contributed by atoms with Crippen LogP contribution >= 0.6 is 0 Å². The summed E-state index contributed by atoms with van der Waals surface area (Å²) < 4.78 is 27.2. The topological polar surface area (TPSA) is 148 Å². The molecule has 31 heavy (non-hydrogen) atoms. The highest BCUT2D eigenvalue weighted by Gasteiger charge is 2.31. The number of nitrogens with one attached hydrogen (secondary N) is 1. The van der Waals surface area contributed by atoms with Gasteiger partial charge in [-0.25, -0.2) is 22.2 Å². The molecular formula is C19H19N5O6S. The maximum atomic E-state index is 13.1. The van der Waals surface area contributed by atoms with Gasteiger partial charge in [0.15, 0.2) is 5.65 Å². The highest BCUT2D eigenvalue weighted by molar-refractivity contribution is 7.90. The smallest absolute Gasteiger partial charge is 0.404 e. The third kappa shape index (κ3) is 3.77. The van der Waals surface area contributed by atoms with Gasteiger partial charge >= 0.3 is 11.8 Å². The number of fused-ring (bicyclic) bond motifs is 1. The average molecular weight is 445 g/mol. The van der Waals surface area contributed by atoms with Crippen LogP contribution in [0.3, 0.4) is 0 Å². The fourth-order valence-electron chi connectivity index (χ4n) is 3.88. The summed E-state index contributed by atoms with van der Waals surface area (Å²) in [6.45, 7) is 0.692. The number of pyridine rings is 1. The molecule has 2 N–H and O–H groups in total. The zero-order valence-corrected chi connectivity index (χ0v) is 17.0. The number of aromatic nitrogens is 2. The number of hydrogen-bond donors (Lipinski definition) is 2. The van der Waals surface area contributed by atoms with Crippen LogP contribution in [-0.2, 0) is 10.0 Å². The first-order valence-corrected chi connectivity index (χ1v) is 10.9. The van der Waals surface area contributed by atoms with Crippen LogP contribution in [-0.4, -0.2) is 52.6 Å². The Morgan fingerprint density at radius 3 is 2.68 bits per heavy atom. The molecule has 3 aromatic rings. The highest BCUT2D eigenvalue weighted by Crippen LogP contribution is 2.37. The fourth-order valence-corrected chi connectivity index (χ4v) is 5.20. The van der Waals surface area contributed by atoms with Crippen LogP contribution < -0.4 is 10.2 Å². The van der Waals surface area contributed by atoms with E-state index in [4.69, 9.17) is 5.11 Å². The van der Waals surface area contributed by atoms with Gasteiger partial charge in [0.2, 0.25) is 0 Å². The van der Waals surface area contributed by atoms with Crippen molar-refractivity contribution in [1.82, 2.24) is 14.3 Å². The van der Waals surface area contributed by atoms with Crippen LogP contribution in [0.4, 0.5) is 16.2 Å². The summed E-state index contributed by atoms with van der Waals surface area (Å²) in [4.78, 5) is 28.0. The number of carbonyl (C=O) groups is 1. The van der Waals surface area contributed by atoms with E-state index < -0.39 is 27.1 Å². The molecule has 11 nitrogen and oxygen atoms in total. The van der Waals surface area contributed by atoms with Gasteiger partial charge in [-0.15, -0.1) is 0 Å². The molecule has 3 heterocycles. The molecule has 0 spiro atoms. The molecule has 0 bridgehead atoms. The standard InChI is InChI=1S/C19H19N5O6S/c25-19(26)21-13-5-4-9-22(12-13)17-15-8-10-23(18(15)20-11-16(17)24(27)28)31(29,30)14-6-2-1-3-7-14/h1-3,6-8,10-11,13,21H,4-5,9,12H2,(H,25,26)/t13-/m0/s1. The lowest BCUT2D eigenvalue weighted by Crippen LogP contribution is -2.47. The monoisotopic (exact) mass is 445 g/mol. The Bertz CT molecular complexity index is 1260. The molecule has 2 aromatic heterocycles. The molecule has 0 unspecified atom stereocenters. The predicted molar refractivity (Wildman–Crippen MR) is 112 cm³/mol. The zero-order valence-electron chi connectivity index (χ0n) is 16.2. The van der Waals surface area contributed by atoms with E-state index >= 15 is 0 Å². The summed E-state index contributed by atoms with van der Waals surface area (Å²) in [6, 6.07) is 8.91. The van der Waals surface area contributed by atoms with Crippen LogP contribution in [0.5, 0.6) is 0 Å². The summed E-state index contributed by atoms with van der Waals surface area (Å²) in [5.41, 5.74) is 0.0324. The highest BCUT2D eigenvalue weighted by atomic mass is 32.2. The van der Waals surface area contributed by atoms with Crippen molar-refractivity contribution in [2.24, 2.45) is 0 Å². The minimum atomic E-state index is -3.95. The van der Waals surface area contributed by atoms with Gasteiger partial charge in [0.1, 0.15) is 11.9 Å². The quantitative estimate of drug-likeness (QED) is 0.449. The molecule has 1 atom stereocenters. The normalized spacial score (nSPS) is 16.9. The third-order valence-corrected chi connectivity index (χ3v) is 6.88. The van der Waals surface area contributed by atoms with Gasteiger partial charge in [0.25, 0.3) is 10.0 Å². The number of nitro groups is 1. The molecule has 1 saturated heterocycles. The minimum absolute atomic E-state index is 0.0674. The molecule has 1 amide bonds. The van der Waals surface area contributed by atoms with Crippen LogP contribution in [0.2, 0.25) is 0 Å². The van der Waals surface area contributed by atoms with Crippen molar-refractivity contribution < 1.29 is 23.2 Å². The number of hydrogen-bond acceptors (Lipinski definition) is 7. The van der Waals surface area contributed by atoms with E-state index in [1.54, 1.807) is 23.1 Å². The lowest BCUT2D eigenvalue weighted by Gasteiger charge is -2.34. The number of nitrogens with zero attached hydrogens (tertiary/aromatic N) is 4. The van der Waals surface area contributed by atoms with Crippen LogP contribution in [0.15, 0.2) is 53.7 Å². The van der Waals surface area contributed by atoms with Crippen molar-refractivity contribution in [2.75, 3.05) is 18.0 Å². The van der Waals surface area contributed by atoms with E-state index in [0.717, 1.165) is 10.2 Å².